The molecule has 1 fully saturated rings. The predicted octanol–water partition coefficient (Wildman–Crippen LogP) is 1.04. The van der Waals surface area contributed by atoms with E-state index in [1.54, 1.807) is 0 Å². The number of hydrogen-bond donors (Lipinski definition) is 1. The molecule has 0 aliphatic carbocycles. The first kappa shape index (κ1) is 10.7. The third-order valence-electron chi connectivity index (χ3n) is 2.79. The van der Waals surface area contributed by atoms with Gasteiger partial charge in [0.2, 0.25) is 5.91 Å². The van der Waals surface area contributed by atoms with Gasteiger partial charge in [0.25, 0.3) is 0 Å². The molecule has 0 radical (unpaired) electrons. The molecule has 4 nitrogen and oxygen atoms in total. The highest BCUT2D eigenvalue weighted by Crippen LogP contribution is 2.28. The van der Waals surface area contributed by atoms with Crippen LogP contribution >= 0.6 is 0 Å². The lowest BCUT2D eigenvalue weighted by atomic mass is 10.00. The van der Waals surface area contributed by atoms with Gasteiger partial charge in [0.05, 0.1) is 13.2 Å². The van der Waals surface area contributed by atoms with Crippen molar-refractivity contribution in [2.45, 2.75) is 12.5 Å². The summed E-state index contributed by atoms with van der Waals surface area (Å²) in [5, 5.41) is 2.80. The smallest absolute Gasteiger partial charge is 0.318 e. The Morgan fingerprint density at radius 1 is 1.38 bits per heavy atom. The summed E-state index contributed by atoms with van der Waals surface area (Å²) in [6.07, 6.45) is 0.468. The number of benzene rings is 1. The zero-order chi connectivity index (χ0) is 11.5. The van der Waals surface area contributed by atoms with Crippen LogP contribution in [0.4, 0.5) is 0 Å². The second-order valence-electron chi connectivity index (χ2n) is 3.78. The van der Waals surface area contributed by atoms with Crippen molar-refractivity contribution in [3.05, 3.63) is 35.9 Å². The molecule has 2 unspecified atom stereocenters. The van der Waals surface area contributed by atoms with E-state index in [9.17, 15) is 9.59 Å². The zero-order valence-corrected chi connectivity index (χ0v) is 8.97. The third-order valence-corrected chi connectivity index (χ3v) is 2.79. The highest BCUT2D eigenvalue weighted by atomic mass is 16.5. The predicted molar refractivity (Wildman–Crippen MR) is 57.4 cm³/mol. The number of carbonyl (C=O) groups is 2. The number of ether oxygens (including phenoxy) is 1. The Bertz CT molecular complexity index is 402. The van der Waals surface area contributed by atoms with Crippen LogP contribution in [-0.2, 0) is 14.3 Å². The van der Waals surface area contributed by atoms with Crippen molar-refractivity contribution in [2.24, 2.45) is 5.92 Å². The summed E-state index contributed by atoms with van der Waals surface area (Å²) in [7, 11) is 1.30. The number of methoxy groups -OCH3 is 1. The quantitative estimate of drug-likeness (QED) is 0.597. The van der Waals surface area contributed by atoms with E-state index in [0.717, 1.165) is 5.56 Å². The van der Waals surface area contributed by atoms with Gasteiger partial charge in [0.15, 0.2) is 0 Å². The van der Waals surface area contributed by atoms with Crippen molar-refractivity contribution < 1.29 is 14.3 Å². The summed E-state index contributed by atoms with van der Waals surface area (Å²) in [6, 6.07) is 9.52. The molecule has 0 bridgehead atoms. The minimum atomic E-state index is -0.671. The molecule has 1 heterocycles. The summed E-state index contributed by atoms with van der Waals surface area (Å²) in [5.41, 5.74) is 1.02. The fraction of sp³-hybridized carbons (Fsp3) is 0.333. The van der Waals surface area contributed by atoms with E-state index in [1.165, 1.54) is 7.11 Å². The number of rotatable bonds is 2. The van der Waals surface area contributed by atoms with E-state index in [1.807, 2.05) is 30.3 Å². The molecule has 2 rings (SSSR count). The first-order chi connectivity index (χ1) is 7.72. The minimum absolute atomic E-state index is 0.0854. The summed E-state index contributed by atoms with van der Waals surface area (Å²) >= 11 is 0. The molecular weight excluding hydrogens is 206 g/mol. The van der Waals surface area contributed by atoms with Crippen LogP contribution in [0.25, 0.3) is 0 Å². The van der Waals surface area contributed by atoms with Gasteiger partial charge in [-0.25, -0.2) is 0 Å². The highest BCUT2D eigenvalue weighted by Gasteiger charge is 2.38. The second-order valence-corrected chi connectivity index (χ2v) is 3.78. The first-order valence-corrected chi connectivity index (χ1v) is 5.15. The van der Waals surface area contributed by atoms with E-state index in [2.05, 4.69) is 10.1 Å². The SMILES string of the molecule is COC(=O)C1CC(c2ccccc2)NC1=O. The van der Waals surface area contributed by atoms with Crippen molar-refractivity contribution in [1.29, 1.82) is 0 Å². The van der Waals surface area contributed by atoms with Gasteiger partial charge in [-0.05, 0) is 12.0 Å². The van der Waals surface area contributed by atoms with Crippen LogP contribution in [0.15, 0.2) is 30.3 Å². The molecule has 84 valence electrons. The van der Waals surface area contributed by atoms with Crippen LogP contribution in [-0.4, -0.2) is 19.0 Å². The van der Waals surface area contributed by atoms with Gasteiger partial charge < -0.3 is 10.1 Å². The lowest BCUT2D eigenvalue weighted by Crippen LogP contribution is -2.26. The van der Waals surface area contributed by atoms with Crippen molar-refractivity contribution in [1.82, 2.24) is 5.32 Å². The molecule has 4 heteroatoms. The molecule has 2 atom stereocenters. The highest BCUT2D eigenvalue weighted by molar-refractivity contribution is 5.99. The van der Waals surface area contributed by atoms with Gasteiger partial charge in [-0.1, -0.05) is 30.3 Å². The molecule has 1 N–H and O–H groups in total. The first-order valence-electron chi connectivity index (χ1n) is 5.15. The van der Waals surface area contributed by atoms with Gasteiger partial charge in [0.1, 0.15) is 5.92 Å². The van der Waals surface area contributed by atoms with Crippen LogP contribution in [0, 0.1) is 5.92 Å². The van der Waals surface area contributed by atoms with E-state index in [-0.39, 0.29) is 11.9 Å². The normalized spacial score (nSPS) is 23.9. The van der Waals surface area contributed by atoms with Gasteiger partial charge in [0, 0.05) is 0 Å². The molecule has 1 aromatic rings. The summed E-state index contributed by atoms with van der Waals surface area (Å²) in [4.78, 5) is 22.9. The van der Waals surface area contributed by atoms with Crippen LogP contribution in [0.2, 0.25) is 0 Å². The number of nitrogens with one attached hydrogen (secondary N) is 1. The Balaban J connectivity index is 2.13. The molecule has 1 saturated heterocycles. The Labute approximate surface area is 93.6 Å². The Hall–Kier alpha value is -1.84. The van der Waals surface area contributed by atoms with Crippen LogP contribution in [0.3, 0.4) is 0 Å². The molecule has 1 amide bonds. The third kappa shape index (κ3) is 1.91. The number of esters is 1. The van der Waals surface area contributed by atoms with Gasteiger partial charge in [-0.3, -0.25) is 9.59 Å². The maximum atomic E-state index is 11.5. The standard InChI is InChI=1S/C12H13NO3/c1-16-12(15)9-7-10(13-11(9)14)8-5-3-2-4-6-8/h2-6,9-10H,7H2,1H3,(H,13,14). The van der Waals surface area contributed by atoms with E-state index >= 15 is 0 Å². The topological polar surface area (TPSA) is 55.4 Å². The maximum Gasteiger partial charge on any atom is 0.318 e. The number of carbonyl (C=O) groups excluding carboxylic acids is 2. The largest absolute Gasteiger partial charge is 0.468 e. The average molecular weight is 219 g/mol. The van der Waals surface area contributed by atoms with Crippen LogP contribution < -0.4 is 5.32 Å². The van der Waals surface area contributed by atoms with Gasteiger partial charge in [-0.2, -0.15) is 0 Å². The Kier molecular flexibility index (Phi) is 2.90. The maximum absolute atomic E-state index is 11.5. The molecule has 0 saturated carbocycles. The fourth-order valence-electron chi connectivity index (χ4n) is 1.92. The monoisotopic (exact) mass is 219 g/mol. The van der Waals surface area contributed by atoms with Gasteiger partial charge >= 0.3 is 5.97 Å². The average Bonchev–Trinajstić information content (AvgIpc) is 2.71. The molecule has 1 aromatic carbocycles. The molecular formula is C12H13NO3. The molecule has 1 aliphatic rings. The van der Waals surface area contributed by atoms with Crippen molar-refractivity contribution in [3.63, 3.8) is 0 Å². The molecule has 0 aromatic heterocycles. The van der Waals surface area contributed by atoms with Crippen molar-refractivity contribution in [2.75, 3.05) is 7.11 Å². The number of hydrogen-bond acceptors (Lipinski definition) is 3. The van der Waals surface area contributed by atoms with E-state index < -0.39 is 11.9 Å². The Morgan fingerprint density at radius 3 is 2.69 bits per heavy atom. The van der Waals surface area contributed by atoms with Crippen LogP contribution in [0.1, 0.15) is 18.0 Å². The lowest BCUT2D eigenvalue weighted by molar-refractivity contribution is -0.148. The van der Waals surface area contributed by atoms with E-state index in [4.69, 9.17) is 0 Å². The minimum Gasteiger partial charge on any atom is -0.468 e. The summed E-state index contributed by atoms with van der Waals surface area (Å²) in [6.45, 7) is 0. The second kappa shape index (κ2) is 4.35. The molecule has 1 aliphatic heterocycles. The van der Waals surface area contributed by atoms with Crippen LogP contribution in [0.5, 0.6) is 0 Å². The molecule has 16 heavy (non-hydrogen) atoms. The summed E-state index contributed by atoms with van der Waals surface area (Å²) < 4.78 is 4.59. The summed E-state index contributed by atoms with van der Waals surface area (Å²) in [5.74, 6) is -1.38. The molecule has 0 spiro atoms. The van der Waals surface area contributed by atoms with Crippen molar-refractivity contribution in [3.8, 4) is 0 Å². The fourth-order valence-corrected chi connectivity index (χ4v) is 1.92. The Morgan fingerprint density at radius 2 is 2.06 bits per heavy atom. The lowest BCUT2D eigenvalue weighted by Gasteiger charge is -2.09. The van der Waals surface area contributed by atoms with E-state index in [0.29, 0.717) is 6.42 Å². The zero-order valence-electron chi connectivity index (χ0n) is 8.97. The van der Waals surface area contributed by atoms with Crippen molar-refractivity contribution >= 4 is 11.9 Å². The number of amides is 1. The van der Waals surface area contributed by atoms with Gasteiger partial charge in [-0.15, -0.1) is 0 Å².